The number of aliphatic carboxylic acids is 1. The molecule has 2 atom stereocenters. The van der Waals surface area contributed by atoms with Crippen LogP contribution in [-0.2, 0) is 9.53 Å². The van der Waals surface area contributed by atoms with Crippen LogP contribution in [0.1, 0.15) is 110 Å². The van der Waals surface area contributed by atoms with Gasteiger partial charge in [0.15, 0.2) is 0 Å². The van der Waals surface area contributed by atoms with Crippen molar-refractivity contribution in [2.45, 2.75) is 122 Å². The molecule has 0 aliphatic heterocycles. The Morgan fingerprint density at radius 3 is 1.73 bits per heavy atom. The molecule has 0 saturated heterocycles. The first kappa shape index (κ1) is 29.4. The second-order valence-corrected chi connectivity index (χ2v) is 10.0. The highest BCUT2D eigenvalue weighted by atomic mass is 16.5. The molecule has 0 aliphatic carbocycles. The maximum Gasteiger partial charge on any atom is 0.112 e. The van der Waals surface area contributed by atoms with Crippen LogP contribution in [0.5, 0.6) is 0 Å². The third-order valence-electron chi connectivity index (χ3n) is 5.59. The number of quaternary nitrogens is 1. The molecule has 0 amide bonds. The van der Waals surface area contributed by atoms with E-state index in [0.29, 0.717) is 24.1 Å². The van der Waals surface area contributed by atoms with Crippen molar-refractivity contribution in [3.63, 3.8) is 0 Å². The number of aliphatic hydroxyl groups excluding tert-OH is 1. The van der Waals surface area contributed by atoms with Crippen molar-refractivity contribution < 1.29 is 24.2 Å². The molecule has 0 aromatic rings. The van der Waals surface area contributed by atoms with Gasteiger partial charge in [-0.3, -0.25) is 0 Å². The topological polar surface area (TPSA) is 69.6 Å². The predicted octanol–water partition coefficient (Wildman–Crippen LogP) is 4.45. The van der Waals surface area contributed by atoms with E-state index in [9.17, 15) is 15.0 Å². The van der Waals surface area contributed by atoms with Gasteiger partial charge in [-0.05, 0) is 12.8 Å². The summed E-state index contributed by atoms with van der Waals surface area (Å²) in [5.74, 6) is -1.08. The lowest BCUT2D eigenvalue weighted by Crippen LogP contribution is -2.44. The molecule has 180 valence electrons. The van der Waals surface area contributed by atoms with Crippen molar-refractivity contribution in [3.8, 4) is 0 Å². The van der Waals surface area contributed by atoms with E-state index >= 15 is 0 Å². The molecule has 0 rings (SSSR count). The van der Waals surface area contributed by atoms with Gasteiger partial charge in [-0.2, -0.15) is 0 Å². The van der Waals surface area contributed by atoms with E-state index in [1.165, 1.54) is 77.0 Å². The normalized spacial score (nSPS) is 14.0. The number of carbonyl (C=O) groups is 1. The fourth-order valence-electron chi connectivity index (χ4n) is 3.89. The van der Waals surface area contributed by atoms with Crippen LogP contribution in [0.25, 0.3) is 0 Å². The summed E-state index contributed by atoms with van der Waals surface area (Å²) in [6.45, 7) is 3.28. The number of unbranched alkanes of at least 4 members (excludes halogenated alkanes) is 12. The van der Waals surface area contributed by atoms with Gasteiger partial charge in [0.05, 0.1) is 27.2 Å². The highest BCUT2D eigenvalue weighted by molar-refractivity contribution is 5.64. The SMILES string of the molecule is CCCCCCCCCCCCCCCC(O)CCOC(CC(=O)[O-])C[N+](C)(C)C. The summed E-state index contributed by atoms with van der Waals surface area (Å²) >= 11 is 0. The largest absolute Gasteiger partial charge is 0.550 e. The molecule has 2 unspecified atom stereocenters. The molecule has 5 nitrogen and oxygen atoms in total. The number of hydrogen-bond donors (Lipinski definition) is 1. The Kier molecular flexibility index (Phi) is 18.7. The molecule has 0 aromatic carbocycles. The van der Waals surface area contributed by atoms with Gasteiger partial charge in [0, 0.05) is 19.0 Å². The molecule has 30 heavy (non-hydrogen) atoms. The average molecular weight is 430 g/mol. The Hall–Kier alpha value is -0.650. The number of carboxylic acids is 1. The molecule has 0 saturated carbocycles. The third-order valence-corrected chi connectivity index (χ3v) is 5.59. The minimum Gasteiger partial charge on any atom is -0.550 e. The molecule has 1 N–H and O–H groups in total. The number of ether oxygens (including phenoxy) is 1. The standard InChI is InChI=1S/C25H51NO4/c1-5-6-7-8-9-10-11-12-13-14-15-16-17-18-23(27)19-20-30-24(21-25(28)29)22-26(2,3)4/h23-24,27H,5-22H2,1-4H3. The molecular weight excluding hydrogens is 378 g/mol. The van der Waals surface area contributed by atoms with E-state index < -0.39 is 5.97 Å². The molecule has 0 fully saturated rings. The zero-order chi connectivity index (χ0) is 22.7. The van der Waals surface area contributed by atoms with Crippen molar-refractivity contribution in [2.75, 3.05) is 34.3 Å². The van der Waals surface area contributed by atoms with Crippen LogP contribution in [0, 0.1) is 0 Å². The zero-order valence-corrected chi connectivity index (χ0v) is 20.5. The Balaban J connectivity index is 3.56. The first-order valence-corrected chi connectivity index (χ1v) is 12.5. The van der Waals surface area contributed by atoms with E-state index in [0.717, 1.165) is 12.8 Å². The third kappa shape index (κ3) is 22.0. The van der Waals surface area contributed by atoms with Crippen LogP contribution in [0.2, 0.25) is 0 Å². The first-order valence-electron chi connectivity index (χ1n) is 12.5. The van der Waals surface area contributed by atoms with Crippen LogP contribution < -0.4 is 5.11 Å². The number of likely N-dealkylation sites (N-methyl/N-ethyl adjacent to an activating group) is 1. The fourth-order valence-corrected chi connectivity index (χ4v) is 3.89. The van der Waals surface area contributed by atoms with Gasteiger partial charge >= 0.3 is 0 Å². The molecule has 0 aromatic heterocycles. The molecule has 0 heterocycles. The van der Waals surface area contributed by atoms with E-state index in [-0.39, 0.29) is 18.6 Å². The molecule has 5 heteroatoms. The highest BCUT2D eigenvalue weighted by Crippen LogP contribution is 2.14. The van der Waals surface area contributed by atoms with Gasteiger partial charge in [0.2, 0.25) is 0 Å². The number of rotatable bonds is 22. The lowest BCUT2D eigenvalue weighted by atomic mass is 10.0. The summed E-state index contributed by atoms with van der Waals surface area (Å²) in [7, 11) is 6.03. The van der Waals surface area contributed by atoms with E-state index in [4.69, 9.17) is 4.74 Å². The Morgan fingerprint density at radius 2 is 1.30 bits per heavy atom. The predicted molar refractivity (Wildman–Crippen MR) is 123 cm³/mol. The molecule has 0 bridgehead atoms. The Morgan fingerprint density at radius 1 is 0.833 bits per heavy atom. The summed E-state index contributed by atoms with van der Waals surface area (Å²) in [6, 6.07) is 0. The number of carbonyl (C=O) groups excluding carboxylic acids is 1. The number of hydrogen-bond acceptors (Lipinski definition) is 4. The van der Waals surface area contributed by atoms with Crippen molar-refractivity contribution in [1.29, 1.82) is 0 Å². The van der Waals surface area contributed by atoms with Crippen molar-refractivity contribution in [2.24, 2.45) is 0 Å². The van der Waals surface area contributed by atoms with Gasteiger partial charge in [-0.1, -0.05) is 90.4 Å². The molecule has 0 radical (unpaired) electrons. The van der Waals surface area contributed by atoms with E-state index in [1.54, 1.807) is 0 Å². The van der Waals surface area contributed by atoms with Crippen molar-refractivity contribution in [3.05, 3.63) is 0 Å². The van der Waals surface area contributed by atoms with E-state index in [1.807, 2.05) is 21.1 Å². The van der Waals surface area contributed by atoms with Crippen LogP contribution >= 0.6 is 0 Å². The van der Waals surface area contributed by atoms with Crippen LogP contribution in [0.3, 0.4) is 0 Å². The highest BCUT2D eigenvalue weighted by Gasteiger charge is 2.19. The number of carboxylic acid groups (broad SMARTS) is 1. The van der Waals surface area contributed by atoms with E-state index in [2.05, 4.69) is 6.92 Å². The number of nitrogens with zero attached hydrogens (tertiary/aromatic N) is 1. The van der Waals surface area contributed by atoms with Gasteiger partial charge < -0.3 is 24.2 Å². The first-order chi connectivity index (χ1) is 14.2. The molecular formula is C25H51NO4. The maximum absolute atomic E-state index is 10.9. The number of aliphatic hydroxyl groups is 1. The minimum absolute atomic E-state index is 0.0928. The molecule has 0 aliphatic rings. The maximum atomic E-state index is 10.9. The van der Waals surface area contributed by atoms with Crippen LogP contribution in [0.4, 0.5) is 0 Å². The van der Waals surface area contributed by atoms with Gasteiger partial charge in [0.25, 0.3) is 0 Å². The smallest absolute Gasteiger partial charge is 0.112 e. The van der Waals surface area contributed by atoms with Gasteiger partial charge in [-0.25, -0.2) is 0 Å². The van der Waals surface area contributed by atoms with Crippen LogP contribution in [0.15, 0.2) is 0 Å². The second-order valence-electron chi connectivity index (χ2n) is 10.0. The van der Waals surface area contributed by atoms with Gasteiger partial charge in [-0.15, -0.1) is 0 Å². The monoisotopic (exact) mass is 429 g/mol. The minimum atomic E-state index is -1.08. The summed E-state index contributed by atoms with van der Waals surface area (Å²) < 4.78 is 6.36. The quantitative estimate of drug-likeness (QED) is 0.204. The van der Waals surface area contributed by atoms with Crippen LogP contribution in [-0.4, -0.2) is 62.1 Å². The lowest BCUT2D eigenvalue weighted by molar-refractivity contribution is -0.873. The average Bonchev–Trinajstić information content (AvgIpc) is 2.63. The summed E-state index contributed by atoms with van der Waals surface area (Å²) in [5.41, 5.74) is 0. The molecule has 0 spiro atoms. The summed E-state index contributed by atoms with van der Waals surface area (Å²) in [5, 5.41) is 21.0. The lowest BCUT2D eigenvalue weighted by Gasteiger charge is -2.29. The summed E-state index contributed by atoms with van der Waals surface area (Å²) in [6.07, 6.45) is 17.8. The van der Waals surface area contributed by atoms with Gasteiger partial charge in [0.1, 0.15) is 12.6 Å². The Bertz CT molecular complexity index is 395. The summed E-state index contributed by atoms with van der Waals surface area (Å²) in [4.78, 5) is 10.9. The van der Waals surface area contributed by atoms with Crippen molar-refractivity contribution >= 4 is 5.97 Å². The zero-order valence-electron chi connectivity index (χ0n) is 20.5. The fraction of sp³-hybridized carbons (Fsp3) is 0.960. The Labute approximate surface area is 186 Å². The second kappa shape index (κ2) is 19.1. The van der Waals surface area contributed by atoms with Crippen molar-refractivity contribution in [1.82, 2.24) is 0 Å².